The lowest BCUT2D eigenvalue weighted by molar-refractivity contribution is -0.123. The first kappa shape index (κ1) is 11.9. The van der Waals surface area contributed by atoms with E-state index in [2.05, 4.69) is 10.6 Å². The van der Waals surface area contributed by atoms with Gasteiger partial charge >= 0.3 is 0 Å². The Kier molecular flexibility index (Phi) is 2.63. The molecule has 2 heterocycles. The molecule has 2 aliphatic rings. The third-order valence-electron chi connectivity index (χ3n) is 3.30. The molecule has 1 fully saturated rings. The molecule has 19 heavy (non-hydrogen) atoms. The number of rotatable bonds is 1. The fourth-order valence-electron chi connectivity index (χ4n) is 2.34. The van der Waals surface area contributed by atoms with Crippen LogP contribution in [0.15, 0.2) is 12.1 Å². The van der Waals surface area contributed by atoms with E-state index in [0.29, 0.717) is 18.8 Å². The number of nitrogens with zero attached hydrogens (tertiary/aromatic N) is 1. The Morgan fingerprint density at radius 2 is 2.16 bits per heavy atom. The van der Waals surface area contributed by atoms with Crippen molar-refractivity contribution in [2.45, 2.75) is 6.10 Å². The van der Waals surface area contributed by atoms with Crippen LogP contribution in [0.5, 0.6) is 0 Å². The summed E-state index contributed by atoms with van der Waals surface area (Å²) >= 11 is 0. The van der Waals surface area contributed by atoms with Gasteiger partial charge in [0.25, 0.3) is 5.91 Å². The number of aliphatic hydroxyl groups is 1. The molecule has 0 saturated carbocycles. The summed E-state index contributed by atoms with van der Waals surface area (Å²) in [6.45, 7) is 1.02. The van der Waals surface area contributed by atoms with Gasteiger partial charge in [-0.05, 0) is 12.1 Å². The molecule has 1 aromatic rings. The minimum atomic E-state index is -1.33. The average molecular weight is 265 g/mol. The third kappa shape index (κ3) is 1.91. The van der Waals surface area contributed by atoms with E-state index in [1.807, 2.05) is 0 Å². The van der Waals surface area contributed by atoms with E-state index >= 15 is 0 Å². The van der Waals surface area contributed by atoms with Gasteiger partial charge in [0, 0.05) is 24.3 Å². The molecule has 3 N–H and O–H groups in total. The number of benzene rings is 1. The molecule has 6 nitrogen and oxygen atoms in total. The summed E-state index contributed by atoms with van der Waals surface area (Å²) in [5, 5.41) is 14.7. The lowest BCUT2D eigenvalue weighted by Crippen LogP contribution is -2.48. The van der Waals surface area contributed by atoms with Gasteiger partial charge in [0.15, 0.2) is 6.10 Å². The fourth-order valence-corrected chi connectivity index (χ4v) is 2.34. The summed E-state index contributed by atoms with van der Waals surface area (Å²) in [4.78, 5) is 24.2. The van der Waals surface area contributed by atoms with Crippen molar-refractivity contribution in [3.63, 3.8) is 0 Å². The zero-order chi connectivity index (χ0) is 13.6. The molecule has 100 valence electrons. The van der Waals surface area contributed by atoms with E-state index in [1.54, 1.807) is 4.90 Å². The van der Waals surface area contributed by atoms with Crippen LogP contribution in [0.1, 0.15) is 11.7 Å². The number of aliphatic hydroxyl groups excluding tert-OH is 1. The summed E-state index contributed by atoms with van der Waals surface area (Å²) in [6.07, 6.45) is -1.33. The molecular formula is C12H12FN3O3. The lowest BCUT2D eigenvalue weighted by Gasteiger charge is -2.29. The number of carbonyl (C=O) groups excluding carboxylic acids is 2. The van der Waals surface area contributed by atoms with Crippen LogP contribution in [0.4, 0.5) is 15.8 Å². The number of nitrogens with one attached hydrogen (secondary N) is 2. The van der Waals surface area contributed by atoms with E-state index in [-0.39, 0.29) is 23.7 Å². The Labute approximate surface area is 108 Å². The summed E-state index contributed by atoms with van der Waals surface area (Å²) in [6, 6.07) is 2.59. The van der Waals surface area contributed by atoms with Gasteiger partial charge in [-0.15, -0.1) is 0 Å². The van der Waals surface area contributed by atoms with Gasteiger partial charge in [0.2, 0.25) is 5.91 Å². The first-order valence-corrected chi connectivity index (χ1v) is 5.90. The van der Waals surface area contributed by atoms with Crippen LogP contribution in [0.2, 0.25) is 0 Å². The molecule has 1 unspecified atom stereocenters. The van der Waals surface area contributed by atoms with E-state index in [1.165, 1.54) is 6.07 Å². The van der Waals surface area contributed by atoms with E-state index < -0.39 is 17.8 Å². The van der Waals surface area contributed by atoms with Crippen molar-refractivity contribution in [2.24, 2.45) is 0 Å². The Hall–Kier alpha value is -2.15. The predicted octanol–water partition coefficient (Wildman–Crippen LogP) is -0.253. The van der Waals surface area contributed by atoms with Crippen LogP contribution < -0.4 is 15.5 Å². The summed E-state index contributed by atoms with van der Waals surface area (Å²) in [5.41, 5.74) is 0.871. The lowest BCUT2D eigenvalue weighted by atomic mass is 10.1. The van der Waals surface area contributed by atoms with Crippen LogP contribution in [0.3, 0.4) is 0 Å². The van der Waals surface area contributed by atoms with E-state index in [0.717, 1.165) is 6.07 Å². The van der Waals surface area contributed by atoms with Crippen LogP contribution in [0, 0.1) is 5.82 Å². The standard InChI is InChI=1S/C12H12FN3O3/c13-7-3-6-8(15-12(19)11(6)18)4-9(7)16-2-1-14-10(17)5-16/h3-4,11,18H,1-2,5H2,(H,14,17)(H,15,19). The molecule has 0 aliphatic carbocycles. The van der Waals surface area contributed by atoms with Crippen molar-refractivity contribution < 1.29 is 19.1 Å². The van der Waals surface area contributed by atoms with Crippen LogP contribution >= 0.6 is 0 Å². The predicted molar refractivity (Wildman–Crippen MR) is 65.2 cm³/mol. The molecule has 1 aromatic carbocycles. The van der Waals surface area contributed by atoms with Crippen molar-refractivity contribution >= 4 is 23.2 Å². The van der Waals surface area contributed by atoms with Crippen LogP contribution in [-0.2, 0) is 9.59 Å². The normalized spacial score (nSPS) is 22.0. The number of hydrogen-bond acceptors (Lipinski definition) is 4. The second kappa shape index (κ2) is 4.20. The Bertz CT molecular complexity index is 576. The van der Waals surface area contributed by atoms with Crippen molar-refractivity contribution in [3.8, 4) is 0 Å². The largest absolute Gasteiger partial charge is 0.378 e. The van der Waals surface area contributed by atoms with Gasteiger partial charge in [-0.1, -0.05) is 0 Å². The van der Waals surface area contributed by atoms with E-state index in [4.69, 9.17) is 0 Å². The van der Waals surface area contributed by atoms with Crippen molar-refractivity contribution in [3.05, 3.63) is 23.5 Å². The van der Waals surface area contributed by atoms with Gasteiger partial charge in [-0.3, -0.25) is 9.59 Å². The van der Waals surface area contributed by atoms with Crippen molar-refractivity contribution in [1.29, 1.82) is 0 Å². The summed E-state index contributed by atoms with van der Waals surface area (Å²) < 4.78 is 14.0. The third-order valence-corrected chi connectivity index (χ3v) is 3.30. The summed E-state index contributed by atoms with van der Waals surface area (Å²) in [7, 11) is 0. The maximum absolute atomic E-state index is 14.0. The highest BCUT2D eigenvalue weighted by atomic mass is 19.1. The molecule has 0 radical (unpaired) electrons. The number of carbonyl (C=O) groups is 2. The second-order valence-electron chi connectivity index (χ2n) is 4.55. The number of amides is 2. The van der Waals surface area contributed by atoms with Gasteiger partial charge in [0.1, 0.15) is 5.82 Å². The monoisotopic (exact) mass is 265 g/mol. The number of hydrogen-bond donors (Lipinski definition) is 3. The maximum atomic E-state index is 14.0. The molecule has 0 bridgehead atoms. The molecule has 2 amide bonds. The molecular weight excluding hydrogens is 253 g/mol. The fraction of sp³-hybridized carbons (Fsp3) is 0.333. The highest BCUT2D eigenvalue weighted by Gasteiger charge is 2.31. The van der Waals surface area contributed by atoms with Gasteiger partial charge in [0.05, 0.1) is 12.2 Å². The first-order chi connectivity index (χ1) is 9.06. The molecule has 1 atom stereocenters. The van der Waals surface area contributed by atoms with Crippen molar-refractivity contribution in [1.82, 2.24) is 5.32 Å². The molecule has 0 aromatic heterocycles. The molecule has 2 aliphatic heterocycles. The van der Waals surface area contributed by atoms with Crippen molar-refractivity contribution in [2.75, 3.05) is 29.9 Å². The first-order valence-electron chi connectivity index (χ1n) is 5.90. The second-order valence-corrected chi connectivity index (χ2v) is 4.55. The number of fused-ring (bicyclic) bond motifs is 1. The number of halogens is 1. The number of piperazine rings is 1. The SMILES string of the molecule is O=C1CN(c2cc3c(cc2F)C(O)C(=O)N3)CCN1. The Morgan fingerprint density at radius 1 is 1.37 bits per heavy atom. The Balaban J connectivity index is 1.98. The molecule has 7 heteroatoms. The highest BCUT2D eigenvalue weighted by Crippen LogP contribution is 2.35. The zero-order valence-corrected chi connectivity index (χ0v) is 9.94. The van der Waals surface area contributed by atoms with Gasteiger partial charge in [-0.25, -0.2) is 4.39 Å². The summed E-state index contributed by atoms with van der Waals surface area (Å²) in [5.74, 6) is -1.29. The minimum Gasteiger partial charge on any atom is -0.378 e. The van der Waals surface area contributed by atoms with E-state index in [9.17, 15) is 19.1 Å². The molecule has 0 spiro atoms. The quantitative estimate of drug-likeness (QED) is 0.654. The highest BCUT2D eigenvalue weighted by molar-refractivity contribution is 6.02. The Morgan fingerprint density at radius 3 is 2.89 bits per heavy atom. The maximum Gasteiger partial charge on any atom is 0.257 e. The van der Waals surface area contributed by atoms with Gasteiger partial charge in [-0.2, -0.15) is 0 Å². The average Bonchev–Trinajstić information content (AvgIpc) is 2.65. The smallest absolute Gasteiger partial charge is 0.257 e. The molecule has 1 saturated heterocycles. The van der Waals surface area contributed by atoms with Gasteiger partial charge < -0.3 is 20.6 Å². The topological polar surface area (TPSA) is 81.7 Å². The number of anilines is 2. The zero-order valence-electron chi connectivity index (χ0n) is 9.94. The minimum absolute atomic E-state index is 0.0756. The van der Waals surface area contributed by atoms with Crippen LogP contribution in [0.25, 0.3) is 0 Å². The van der Waals surface area contributed by atoms with Crippen LogP contribution in [-0.4, -0.2) is 36.6 Å². The molecule has 3 rings (SSSR count).